The molecule has 0 radical (unpaired) electrons. The number of aromatic carboxylic acids is 1. The van der Waals surface area contributed by atoms with Gasteiger partial charge in [-0.1, -0.05) is 0 Å². The fourth-order valence-electron chi connectivity index (χ4n) is 1.16. The van der Waals surface area contributed by atoms with Gasteiger partial charge >= 0.3 is 5.97 Å². The summed E-state index contributed by atoms with van der Waals surface area (Å²) in [5.74, 6) is -1.33. The molecule has 0 fully saturated rings. The van der Waals surface area contributed by atoms with Crippen molar-refractivity contribution in [3.8, 4) is 0 Å². The maximum Gasteiger partial charge on any atom is 0.347 e. The predicted molar refractivity (Wildman–Crippen MR) is 69.3 cm³/mol. The van der Waals surface area contributed by atoms with Gasteiger partial charge in [-0.2, -0.15) is 0 Å². The number of rotatable bonds is 7. The van der Waals surface area contributed by atoms with Crippen LogP contribution in [0.15, 0.2) is 16.3 Å². The van der Waals surface area contributed by atoms with Gasteiger partial charge < -0.3 is 5.11 Å². The average molecular weight is 328 g/mol. The van der Waals surface area contributed by atoms with Crippen molar-refractivity contribution >= 4 is 37.4 Å². The predicted octanol–water partition coefficient (Wildman–Crippen LogP) is -0.726. The summed E-state index contributed by atoms with van der Waals surface area (Å²) in [5, 5.41) is 10.2. The first kappa shape index (κ1) is 16.0. The summed E-state index contributed by atoms with van der Waals surface area (Å²) < 4.78 is 49.3. The standard InChI is InChI=1S/C8H12N2O6S3/c1-18(13,14)9-3-4-10-19(15,16)6-2-5-17-7(6)8(11)12/h2,5,9-10H,3-4H2,1H3,(H,11,12). The van der Waals surface area contributed by atoms with Gasteiger partial charge in [0.15, 0.2) is 0 Å². The van der Waals surface area contributed by atoms with Crippen LogP contribution >= 0.6 is 11.3 Å². The lowest BCUT2D eigenvalue weighted by Gasteiger charge is -2.06. The molecule has 11 heteroatoms. The van der Waals surface area contributed by atoms with E-state index < -0.39 is 26.0 Å². The molecule has 1 aromatic rings. The Balaban J connectivity index is 2.72. The first-order valence-corrected chi connectivity index (χ1v) is 9.14. The van der Waals surface area contributed by atoms with Gasteiger partial charge in [0.2, 0.25) is 20.0 Å². The second-order valence-corrected chi connectivity index (χ2v) is 7.97. The average Bonchev–Trinajstić information content (AvgIpc) is 2.72. The van der Waals surface area contributed by atoms with Crippen molar-refractivity contribution in [2.45, 2.75) is 4.90 Å². The van der Waals surface area contributed by atoms with Gasteiger partial charge in [0.25, 0.3) is 0 Å². The van der Waals surface area contributed by atoms with Gasteiger partial charge in [0, 0.05) is 13.1 Å². The van der Waals surface area contributed by atoms with Crippen molar-refractivity contribution in [1.29, 1.82) is 0 Å². The van der Waals surface area contributed by atoms with E-state index in [9.17, 15) is 21.6 Å². The number of carboxylic acid groups (broad SMARTS) is 1. The minimum Gasteiger partial charge on any atom is -0.477 e. The fourth-order valence-corrected chi connectivity index (χ4v) is 3.93. The normalized spacial score (nSPS) is 12.5. The third-order valence-corrected chi connectivity index (χ3v) is 5.16. The second kappa shape index (κ2) is 5.96. The van der Waals surface area contributed by atoms with Gasteiger partial charge in [-0.3, -0.25) is 0 Å². The third-order valence-electron chi connectivity index (χ3n) is 1.89. The number of hydrogen-bond donors (Lipinski definition) is 3. The van der Waals surface area contributed by atoms with Crippen LogP contribution < -0.4 is 9.44 Å². The van der Waals surface area contributed by atoms with Gasteiger partial charge in [-0.15, -0.1) is 11.3 Å². The maximum atomic E-state index is 11.8. The second-order valence-electron chi connectivity index (χ2n) is 3.48. The molecule has 0 unspecified atom stereocenters. The topological polar surface area (TPSA) is 130 Å². The van der Waals surface area contributed by atoms with E-state index >= 15 is 0 Å². The molecule has 0 spiro atoms. The molecular weight excluding hydrogens is 316 g/mol. The summed E-state index contributed by atoms with van der Waals surface area (Å²) in [4.78, 5) is 10.2. The molecule has 0 amide bonds. The molecule has 108 valence electrons. The van der Waals surface area contributed by atoms with Crippen LogP contribution in [0.2, 0.25) is 0 Å². The Kier molecular flexibility index (Phi) is 5.04. The number of hydrogen-bond acceptors (Lipinski definition) is 6. The van der Waals surface area contributed by atoms with Crippen LogP contribution in [0.4, 0.5) is 0 Å². The summed E-state index contributed by atoms with van der Waals surface area (Å²) in [5.41, 5.74) is 0. The Morgan fingerprint density at radius 2 is 1.84 bits per heavy atom. The van der Waals surface area contributed by atoms with Gasteiger partial charge in [0.1, 0.15) is 9.77 Å². The summed E-state index contributed by atoms with van der Waals surface area (Å²) in [6.45, 7) is -0.297. The Hall–Kier alpha value is -1.01. The molecule has 3 N–H and O–H groups in total. The van der Waals surface area contributed by atoms with Crippen LogP contribution in [0.5, 0.6) is 0 Å². The molecule has 0 aromatic carbocycles. The van der Waals surface area contributed by atoms with E-state index in [1.165, 1.54) is 11.4 Å². The Morgan fingerprint density at radius 1 is 1.26 bits per heavy atom. The zero-order valence-corrected chi connectivity index (χ0v) is 12.2. The van der Waals surface area contributed by atoms with E-state index in [0.29, 0.717) is 0 Å². The number of carboxylic acids is 1. The molecule has 0 aliphatic carbocycles. The molecule has 0 atom stereocenters. The van der Waals surface area contributed by atoms with Crippen molar-refractivity contribution in [3.63, 3.8) is 0 Å². The molecule has 0 saturated heterocycles. The van der Waals surface area contributed by atoms with E-state index in [0.717, 1.165) is 17.6 Å². The van der Waals surface area contributed by atoms with Gasteiger partial charge in [0.05, 0.1) is 6.26 Å². The van der Waals surface area contributed by atoms with E-state index in [1.807, 2.05) is 0 Å². The zero-order valence-electron chi connectivity index (χ0n) is 9.78. The molecule has 0 saturated carbocycles. The molecule has 1 rings (SSSR count). The molecule has 1 heterocycles. The lowest BCUT2D eigenvalue weighted by molar-refractivity contribution is 0.0698. The van der Waals surface area contributed by atoms with Crippen LogP contribution in [-0.4, -0.2) is 47.3 Å². The molecule has 0 aliphatic heterocycles. The summed E-state index contributed by atoms with van der Waals surface area (Å²) in [6, 6.07) is 1.18. The molecule has 8 nitrogen and oxygen atoms in total. The summed E-state index contributed by atoms with van der Waals surface area (Å²) >= 11 is 0.798. The van der Waals surface area contributed by atoms with E-state index in [4.69, 9.17) is 5.11 Å². The highest BCUT2D eigenvalue weighted by atomic mass is 32.2. The quantitative estimate of drug-likeness (QED) is 0.566. The minimum absolute atomic E-state index is 0.120. The van der Waals surface area contributed by atoms with Crippen molar-refractivity contribution < 1.29 is 26.7 Å². The molecule has 0 bridgehead atoms. The van der Waals surface area contributed by atoms with Crippen LogP contribution in [0.25, 0.3) is 0 Å². The minimum atomic E-state index is -3.97. The smallest absolute Gasteiger partial charge is 0.347 e. The Labute approximate surface area is 114 Å². The number of thiophene rings is 1. The first-order valence-electron chi connectivity index (χ1n) is 4.88. The Bertz CT molecular complexity index is 660. The summed E-state index contributed by atoms with van der Waals surface area (Å²) in [6.07, 6.45) is 0.947. The van der Waals surface area contributed by atoms with Gasteiger partial charge in [-0.25, -0.2) is 31.1 Å². The molecule has 1 aromatic heterocycles. The zero-order chi connectivity index (χ0) is 14.7. The lowest BCUT2D eigenvalue weighted by Crippen LogP contribution is -2.34. The van der Waals surface area contributed by atoms with Crippen LogP contribution in [0.1, 0.15) is 9.67 Å². The highest BCUT2D eigenvalue weighted by Gasteiger charge is 2.23. The molecule has 0 aliphatic rings. The number of sulfonamides is 2. The molecular formula is C8H12N2O6S3. The number of carbonyl (C=O) groups is 1. The van der Waals surface area contributed by atoms with Crippen molar-refractivity contribution in [3.05, 3.63) is 16.3 Å². The van der Waals surface area contributed by atoms with E-state index in [2.05, 4.69) is 9.44 Å². The van der Waals surface area contributed by atoms with Crippen molar-refractivity contribution in [2.75, 3.05) is 19.3 Å². The van der Waals surface area contributed by atoms with Crippen LogP contribution in [-0.2, 0) is 20.0 Å². The monoisotopic (exact) mass is 328 g/mol. The first-order chi connectivity index (χ1) is 8.63. The maximum absolute atomic E-state index is 11.8. The van der Waals surface area contributed by atoms with Crippen LogP contribution in [0.3, 0.4) is 0 Å². The van der Waals surface area contributed by atoms with E-state index in [-0.39, 0.29) is 22.9 Å². The van der Waals surface area contributed by atoms with Crippen LogP contribution in [0, 0.1) is 0 Å². The highest BCUT2D eigenvalue weighted by Crippen LogP contribution is 2.21. The van der Waals surface area contributed by atoms with E-state index in [1.54, 1.807) is 0 Å². The van der Waals surface area contributed by atoms with Crippen molar-refractivity contribution in [1.82, 2.24) is 9.44 Å². The van der Waals surface area contributed by atoms with Crippen molar-refractivity contribution in [2.24, 2.45) is 0 Å². The third kappa shape index (κ3) is 4.87. The SMILES string of the molecule is CS(=O)(=O)NCCNS(=O)(=O)c1ccsc1C(=O)O. The fraction of sp³-hybridized carbons (Fsp3) is 0.375. The number of nitrogens with one attached hydrogen (secondary N) is 2. The van der Waals surface area contributed by atoms with Gasteiger partial charge in [-0.05, 0) is 11.4 Å². The largest absolute Gasteiger partial charge is 0.477 e. The lowest BCUT2D eigenvalue weighted by atomic mass is 10.5. The summed E-state index contributed by atoms with van der Waals surface area (Å²) in [7, 11) is -7.36. The highest BCUT2D eigenvalue weighted by molar-refractivity contribution is 7.89. The molecule has 19 heavy (non-hydrogen) atoms. The Morgan fingerprint density at radius 3 is 2.37 bits per heavy atom.